The molecule has 0 aliphatic rings. The summed E-state index contributed by atoms with van der Waals surface area (Å²) >= 11 is 6.29. The van der Waals surface area contributed by atoms with Crippen molar-refractivity contribution in [2.45, 2.75) is 33.4 Å². The van der Waals surface area contributed by atoms with Crippen molar-refractivity contribution in [1.82, 2.24) is 9.78 Å². The number of carbonyl (C=O) groups excluding carboxylic acids is 2. The third-order valence-electron chi connectivity index (χ3n) is 3.54. The summed E-state index contributed by atoms with van der Waals surface area (Å²) in [6, 6.07) is 7.93. The Kier molecular flexibility index (Phi) is 5.62. The lowest BCUT2D eigenvalue weighted by molar-refractivity contribution is -0.149. The van der Waals surface area contributed by atoms with Crippen LogP contribution in [0.4, 0.5) is 0 Å². The maximum Gasteiger partial charge on any atom is 0.346 e. The standard InChI is InChI=1S/C17H19ClN2O4/c1-10-5-7-13(8-6-10)9-20-15(18)14(11(2)19-20)17(22)24-12(3)16(21)23-4/h5-8,12H,9H2,1-4H3. The van der Waals surface area contributed by atoms with Crippen molar-refractivity contribution in [3.8, 4) is 0 Å². The Bertz CT molecular complexity index is 753. The molecule has 0 radical (unpaired) electrons. The van der Waals surface area contributed by atoms with E-state index in [0.717, 1.165) is 11.1 Å². The van der Waals surface area contributed by atoms with Gasteiger partial charge in [0.15, 0.2) is 6.10 Å². The van der Waals surface area contributed by atoms with Crippen molar-refractivity contribution in [2.24, 2.45) is 0 Å². The minimum Gasteiger partial charge on any atom is -0.466 e. The highest BCUT2D eigenvalue weighted by Crippen LogP contribution is 2.22. The summed E-state index contributed by atoms with van der Waals surface area (Å²) in [5, 5.41) is 4.47. The number of aromatic nitrogens is 2. The zero-order valence-corrected chi connectivity index (χ0v) is 14.8. The highest BCUT2D eigenvalue weighted by molar-refractivity contribution is 6.32. The first-order valence-corrected chi connectivity index (χ1v) is 7.78. The molecule has 2 rings (SSSR count). The van der Waals surface area contributed by atoms with E-state index in [9.17, 15) is 9.59 Å². The van der Waals surface area contributed by atoms with Gasteiger partial charge in [0.1, 0.15) is 10.7 Å². The van der Waals surface area contributed by atoms with Gasteiger partial charge in [0.25, 0.3) is 0 Å². The molecule has 1 unspecified atom stereocenters. The molecule has 0 saturated heterocycles. The topological polar surface area (TPSA) is 70.4 Å². The molecule has 0 fully saturated rings. The van der Waals surface area contributed by atoms with E-state index >= 15 is 0 Å². The zero-order chi connectivity index (χ0) is 17.9. The third kappa shape index (κ3) is 3.94. The molecule has 1 heterocycles. The quantitative estimate of drug-likeness (QED) is 0.775. The number of hydrogen-bond acceptors (Lipinski definition) is 5. The molecule has 0 bridgehead atoms. The van der Waals surface area contributed by atoms with Crippen LogP contribution in [0.15, 0.2) is 24.3 Å². The van der Waals surface area contributed by atoms with Crippen LogP contribution in [-0.4, -0.2) is 34.9 Å². The van der Waals surface area contributed by atoms with Crippen molar-refractivity contribution >= 4 is 23.5 Å². The highest BCUT2D eigenvalue weighted by atomic mass is 35.5. The van der Waals surface area contributed by atoms with E-state index in [1.807, 2.05) is 31.2 Å². The first kappa shape index (κ1) is 18.0. The highest BCUT2D eigenvalue weighted by Gasteiger charge is 2.26. The molecule has 1 aromatic carbocycles. The minimum atomic E-state index is -1.02. The van der Waals surface area contributed by atoms with Gasteiger partial charge >= 0.3 is 11.9 Å². The van der Waals surface area contributed by atoms with E-state index < -0.39 is 18.0 Å². The largest absolute Gasteiger partial charge is 0.466 e. The lowest BCUT2D eigenvalue weighted by Crippen LogP contribution is -2.25. The summed E-state index contributed by atoms with van der Waals surface area (Å²) in [4.78, 5) is 23.6. The van der Waals surface area contributed by atoms with Crippen molar-refractivity contribution in [1.29, 1.82) is 0 Å². The van der Waals surface area contributed by atoms with Crippen LogP contribution in [0.5, 0.6) is 0 Å². The van der Waals surface area contributed by atoms with E-state index in [1.165, 1.54) is 18.7 Å². The molecule has 0 N–H and O–H groups in total. The Hall–Kier alpha value is -2.34. The Morgan fingerprint density at radius 2 is 1.88 bits per heavy atom. The summed E-state index contributed by atoms with van der Waals surface area (Å²) in [5.74, 6) is -1.34. The first-order valence-electron chi connectivity index (χ1n) is 7.40. The number of ether oxygens (including phenoxy) is 2. The van der Waals surface area contributed by atoms with Gasteiger partial charge in [-0.1, -0.05) is 41.4 Å². The zero-order valence-electron chi connectivity index (χ0n) is 14.0. The van der Waals surface area contributed by atoms with Crippen LogP contribution in [0.1, 0.15) is 34.1 Å². The van der Waals surface area contributed by atoms with Gasteiger partial charge in [0, 0.05) is 0 Å². The molecule has 7 heteroatoms. The van der Waals surface area contributed by atoms with Crippen molar-refractivity contribution in [3.63, 3.8) is 0 Å². The number of nitrogens with zero attached hydrogens (tertiary/aromatic N) is 2. The van der Waals surface area contributed by atoms with Crippen molar-refractivity contribution in [2.75, 3.05) is 7.11 Å². The Morgan fingerprint density at radius 3 is 2.46 bits per heavy atom. The SMILES string of the molecule is COC(=O)C(C)OC(=O)c1c(C)nn(Cc2ccc(C)cc2)c1Cl. The maximum absolute atomic E-state index is 12.3. The molecule has 0 aliphatic heterocycles. The number of hydrogen-bond donors (Lipinski definition) is 0. The van der Waals surface area contributed by atoms with Gasteiger partial charge in [-0.05, 0) is 26.3 Å². The number of methoxy groups -OCH3 is 1. The van der Waals surface area contributed by atoms with Gasteiger partial charge in [0.2, 0.25) is 0 Å². The van der Waals surface area contributed by atoms with Crippen LogP contribution < -0.4 is 0 Å². The van der Waals surface area contributed by atoms with E-state index in [0.29, 0.717) is 12.2 Å². The third-order valence-corrected chi connectivity index (χ3v) is 3.92. The van der Waals surface area contributed by atoms with Gasteiger partial charge in [-0.3, -0.25) is 0 Å². The first-order chi connectivity index (χ1) is 11.3. The molecule has 0 saturated carbocycles. The molecule has 24 heavy (non-hydrogen) atoms. The van der Waals surface area contributed by atoms with E-state index in [1.54, 1.807) is 6.92 Å². The molecule has 1 aromatic heterocycles. The van der Waals surface area contributed by atoms with Gasteiger partial charge in [-0.25, -0.2) is 14.3 Å². The molecular weight excluding hydrogens is 332 g/mol. The van der Waals surface area contributed by atoms with Crippen LogP contribution in [0.3, 0.4) is 0 Å². The van der Waals surface area contributed by atoms with Crippen molar-refractivity contribution < 1.29 is 19.1 Å². The predicted molar refractivity (Wildman–Crippen MR) is 89.1 cm³/mol. The summed E-state index contributed by atoms with van der Waals surface area (Å²) < 4.78 is 11.1. The Morgan fingerprint density at radius 1 is 1.25 bits per heavy atom. The van der Waals surface area contributed by atoms with Crippen LogP contribution in [0.2, 0.25) is 5.15 Å². The van der Waals surface area contributed by atoms with Crippen LogP contribution in [0, 0.1) is 13.8 Å². The number of carbonyl (C=O) groups is 2. The minimum absolute atomic E-state index is 0.152. The maximum atomic E-state index is 12.3. The van der Waals surface area contributed by atoms with E-state index in [4.69, 9.17) is 16.3 Å². The van der Waals surface area contributed by atoms with Gasteiger partial charge in [0.05, 0.1) is 19.3 Å². The lowest BCUT2D eigenvalue weighted by atomic mass is 10.1. The normalized spacial score (nSPS) is 11.9. The fourth-order valence-electron chi connectivity index (χ4n) is 2.19. The predicted octanol–water partition coefficient (Wildman–Crippen LogP) is 2.92. The van der Waals surface area contributed by atoms with Crippen LogP contribution in [-0.2, 0) is 20.8 Å². The molecule has 0 spiro atoms. The number of aryl methyl sites for hydroxylation is 2. The summed E-state index contributed by atoms with van der Waals surface area (Å²) in [6.45, 7) is 5.53. The second kappa shape index (κ2) is 7.49. The Labute approximate surface area is 145 Å². The molecule has 128 valence electrons. The lowest BCUT2D eigenvalue weighted by Gasteiger charge is -2.10. The van der Waals surface area contributed by atoms with Gasteiger partial charge in [-0.2, -0.15) is 5.10 Å². The number of benzene rings is 1. The number of halogens is 1. The molecule has 1 atom stereocenters. The van der Waals surface area contributed by atoms with Crippen LogP contribution >= 0.6 is 11.6 Å². The fourth-order valence-corrected chi connectivity index (χ4v) is 2.50. The van der Waals surface area contributed by atoms with Crippen molar-refractivity contribution in [3.05, 3.63) is 51.8 Å². The smallest absolute Gasteiger partial charge is 0.346 e. The average molecular weight is 351 g/mol. The molecule has 0 amide bonds. The van der Waals surface area contributed by atoms with Crippen LogP contribution in [0.25, 0.3) is 0 Å². The van der Waals surface area contributed by atoms with E-state index in [-0.39, 0.29) is 10.7 Å². The molecule has 6 nitrogen and oxygen atoms in total. The number of rotatable bonds is 5. The van der Waals surface area contributed by atoms with E-state index in [2.05, 4.69) is 9.84 Å². The summed E-state index contributed by atoms with van der Waals surface area (Å²) in [5.41, 5.74) is 2.75. The summed E-state index contributed by atoms with van der Waals surface area (Å²) in [7, 11) is 1.23. The number of esters is 2. The monoisotopic (exact) mass is 350 g/mol. The van der Waals surface area contributed by atoms with Gasteiger partial charge in [-0.15, -0.1) is 0 Å². The average Bonchev–Trinajstić information content (AvgIpc) is 2.82. The molecular formula is C17H19ClN2O4. The molecule has 0 aliphatic carbocycles. The summed E-state index contributed by atoms with van der Waals surface area (Å²) in [6.07, 6.45) is -1.02. The second-order valence-corrected chi connectivity index (χ2v) is 5.82. The van der Waals surface area contributed by atoms with Gasteiger partial charge < -0.3 is 9.47 Å². The fraction of sp³-hybridized carbons (Fsp3) is 0.353. The second-order valence-electron chi connectivity index (χ2n) is 5.47. The Balaban J connectivity index is 2.20. The molecule has 2 aromatic rings.